The van der Waals surface area contributed by atoms with Gasteiger partial charge in [0, 0.05) is 18.6 Å². The van der Waals surface area contributed by atoms with Crippen LogP contribution in [0.1, 0.15) is 12.5 Å². The van der Waals surface area contributed by atoms with Gasteiger partial charge in [0.2, 0.25) is 11.8 Å². The third-order valence-electron chi connectivity index (χ3n) is 5.37. The molecule has 34 heavy (non-hydrogen) atoms. The van der Waals surface area contributed by atoms with Crippen molar-refractivity contribution in [1.82, 2.24) is 10.2 Å². The van der Waals surface area contributed by atoms with Crippen LogP contribution in [0.2, 0.25) is 5.02 Å². The van der Waals surface area contributed by atoms with Gasteiger partial charge < -0.3 is 10.2 Å². The molecule has 0 radical (unpaired) electrons. The number of benzene rings is 3. The lowest BCUT2D eigenvalue weighted by atomic mass is 10.1. The van der Waals surface area contributed by atoms with Crippen LogP contribution in [-0.4, -0.2) is 44.8 Å². The molecule has 0 heterocycles. The standard InChI is InChI=1S/C25H26ClN3O4S/c1-19(25(31)27-2)28(17-20-11-9-10-16-23(20)26)24(30)18-29(21-12-5-3-6-13-21)34(32,33)22-14-7-4-8-15-22/h3-16,19H,17-18H2,1-2H3,(H,27,31)/t19-/m1/s1. The highest BCUT2D eigenvalue weighted by atomic mass is 35.5. The molecular weight excluding hydrogens is 474 g/mol. The molecule has 3 aromatic rings. The van der Waals surface area contributed by atoms with Gasteiger partial charge in [-0.3, -0.25) is 13.9 Å². The predicted octanol–water partition coefficient (Wildman–Crippen LogP) is 3.70. The quantitative estimate of drug-likeness (QED) is 0.486. The minimum absolute atomic E-state index is 0.0428. The van der Waals surface area contributed by atoms with Crippen molar-refractivity contribution in [3.05, 3.63) is 95.5 Å². The highest BCUT2D eigenvalue weighted by Gasteiger charge is 2.32. The summed E-state index contributed by atoms with van der Waals surface area (Å²) < 4.78 is 28.1. The van der Waals surface area contributed by atoms with Crippen molar-refractivity contribution in [2.24, 2.45) is 0 Å². The van der Waals surface area contributed by atoms with Gasteiger partial charge in [-0.2, -0.15) is 0 Å². The Balaban J connectivity index is 2.01. The second-order valence-corrected chi connectivity index (χ2v) is 9.83. The number of nitrogens with one attached hydrogen (secondary N) is 1. The van der Waals surface area contributed by atoms with Crippen molar-refractivity contribution in [1.29, 1.82) is 0 Å². The first-order chi connectivity index (χ1) is 16.3. The summed E-state index contributed by atoms with van der Waals surface area (Å²) in [6.45, 7) is 1.14. The van der Waals surface area contributed by atoms with E-state index in [-0.39, 0.29) is 17.3 Å². The summed E-state index contributed by atoms with van der Waals surface area (Å²) in [5.74, 6) is -0.919. The van der Waals surface area contributed by atoms with E-state index >= 15 is 0 Å². The van der Waals surface area contributed by atoms with Crippen molar-refractivity contribution in [2.45, 2.75) is 24.4 Å². The molecule has 0 unspecified atom stereocenters. The minimum atomic E-state index is -4.06. The van der Waals surface area contributed by atoms with Crippen molar-refractivity contribution in [3.8, 4) is 0 Å². The number of hydrogen-bond acceptors (Lipinski definition) is 4. The van der Waals surface area contributed by atoms with Crippen LogP contribution in [0, 0.1) is 0 Å². The van der Waals surface area contributed by atoms with E-state index in [1.165, 1.54) is 24.1 Å². The molecule has 0 saturated carbocycles. The zero-order valence-corrected chi connectivity index (χ0v) is 20.5. The molecule has 0 aromatic heterocycles. The fourth-order valence-corrected chi connectivity index (χ4v) is 5.08. The molecular formula is C25H26ClN3O4S. The van der Waals surface area contributed by atoms with Crippen LogP contribution in [-0.2, 0) is 26.2 Å². The van der Waals surface area contributed by atoms with Crippen LogP contribution < -0.4 is 9.62 Å². The highest BCUT2D eigenvalue weighted by molar-refractivity contribution is 7.92. The zero-order chi connectivity index (χ0) is 24.7. The summed E-state index contributed by atoms with van der Waals surface area (Å²) in [6.07, 6.45) is 0. The smallest absolute Gasteiger partial charge is 0.264 e. The molecule has 1 N–H and O–H groups in total. The maximum absolute atomic E-state index is 13.6. The normalized spacial score (nSPS) is 12.0. The first-order valence-electron chi connectivity index (χ1n) is 10.6. The Bertz CT molecular complexity index is 1240. The van der Waals surface area contributed by atoms with Crippen LogP contribution in [0.4, 0.5) is 5.69 Å². The molecule has 0 saturated heterocycles. The molecule has 0 aliphatic carbocycles. The van der Waals surface area contributed by atoms with Crippen molar-refractivity contribution in [2.75, 3.05) is 17.9 Å². The molecule has 2 amide bonds. The number of carbonyl (C=O) groups excluding carboxylic acids is 2. The molecule has 0 aliphatic heterocycles. The minimum Gasteiger partial charge on any atom is -0.357 e. The van der Waals surface area contributed by atoms with E-state index in [1.807, 2.05) is 0 Å². The number of carbonyl (C=O) groups is 2. The molecule has 178 valence electrons. The second-order valence-electron chi connectivity index (χ2n) is 7.56. The molecule has 0 fully saturated rings. The monoisotopic (exact) mass is 499 g/mol. The Morgan fingerprint density at radius 3 is 2.06 bits per heavy atom. The van der Waals surface area contributed by atoms with Crippen molar-refractivity contribution in [3.63, 3.8) is 0 Å². The SMILES string of the molecule is CNC(=O)[C@@H](C)N(Cc1ccccc1Cl)C(=O)CN(c1ccccc1)S(=O)(=O)c1ccccc1. The molecule has 9 heteroatoms. The topological polar surface area (TPSA) is 86.8 Å². The third kappa shape index (κ3) is 5.76. The Morgan fingerprint density at radius 2 is 1.47 bits per heavy atom. The molecule has 0 bridgehead atoms. The average molecular weight is 500 g/mol. The predicted molar refractivity (Wildman–Crippen MR) is 133 cm³/mol. The third-order valence-corrected chi connectivity index (χ3v) is 7.52. The Morgan fingerprint density at radius 1 is 0.912 bits per heavy atom. The molecule has 0 aliphatic rings. The first-order valence-corrected chi connectivity index (χ1v) is 12.4. The Hall–Kier alpha value is -3.36. The van der Waals surface area contributed by atoms with E-state index in [1.54, 1.807) is 79.7 Å². The van der Waals surface area contributed by atoms with Crippen molar-refractivity contribution < 1.29 is 18.0 Å². The van der Waals surface area contributed by atoms with Gasteiger partial charge in [-0.1, -0.05) is 66.2 Å². The Labute approximate surface area is 205 Å². The largest absolute Gasteiger partial charge is 0.357 e. The summed E-state index contributed by atoms with van der Waals surface area (Å²) in [4.78, 5) is 27.4. The number of rotatable bonds is 9. The maximum Gasteiger partial charge on any atom is 0.264 e. The van der Waals surface area contributed by atoms with Gasteiger partial charge in [-0.25, -0.2) is 8.42 Å². The molecule has 0 spiro atoms. The lowest BCUT2D eigenvalue weighted by molar-refractivity contribution is -0.139. The molecule has 3 rings (SSSR count). The number of hydrogen-bond donors (Lipinski definition) is 1. The van der Waals surface area contributed by atoms with Crippen LogP contribution in [0.3, 0.4) is 0 Å². The highest BCUT2D eigenvalue weighted by Crippen LogP contribution is 2.25. The number of nitrogens with zero attached hydrogens (tertiary/aromatic N) is 2. The van der Waals surface area contributed by atoms with Crippen LogP contribution in [0.15, 0.2) is 89.8 Å². The van der Waals surface area contributed by atoms with Gasteiger partial charge in [0.15, 0.2) is 0 Å². The number of likely N-dealkylation sites (N-methyl/N-ethyl adjacent to an activating group) is 1. The van der Waals surface area contributed by atoms with Crippen LogP contribution >= 0.6 is 11.6 Å². The van der Waals surface area contributed by atoms with Crippen molar-refractivity contribution >= 4 is 39.1 Å². The number of anilines is 1. The van der Waals surface area contributed by atoms with Crippen LogP contribution in [0.5, 0.6) is 0 Å². The van der Waals surface area contributed by atoms with Gasteiger partial charge in [0.05, 0.1) is 10.6 Å². The van der Waals surface area contributed by atoms with E-state index in [2.05, 4.69) is 5.32 Å². The van der Waals surface area contributed by atoms with Gasteiger partial charge in [0.25, 0.3) is 10.0 Å². The fourth-order valence-electron chi connectivity index (χ4n) is 3.44. The summed E-state index contributed by atoms with van der Waals surface area (Å²) in [7, 11) is -2.58. The second kappa shape index (κ2) is 11.2. The summed E-state index contributed by atoms with van der Waals surface area (Å²) in [5.41, 5.74) is 0.982. The van der Waals surface area contributed by atoms with Gasteiger partial charge in [-0.15, -0.1) is 0 Å². The van der Waals surface area contributed by atoms with E-state index in [9.17, 15) is 18.0 Å². The van der Waals surface area contributed by atoms with Gasteiger partial charge in [0.1, 0.15) is 12.6 Å². The molecule has 3 aromatic carbocycles. The zero-order valence-electron chi connectivity index (χ0n) is 18.9. The van der Waals surface area contributed by atoms with E-state index < -0.39 is 28.5 Å². The van der Waals surface area contributed by atoms with Crippen LogP contribution in [0.25, 0.3) is 0 Å². The van der Waals surface area contributed by atoms with E-state index in [0.717, 1.165) is 4.31 Å². The molecule has 7 nitrogen and oxygen atoms in total. The first kappa shape index (κ1) is 25.3. The summed E-state index contributed by atoms with van der Waals surface area (Å²) in [5, 5.41) is 2.99. The van der Waals surface area contributed by atoms with E-state index in [0.29, 0.717) is 16.3 Å². The fraction of sp³-hybridized carbons (Fsp3) is 0.200. The Kier molecular flexibility index (Phi) is 8.31. The summed E-state index contributed by atoms with van der Waals surface area (Å²) in [6, 6.07) is 22.4. The number of halogens is 1. The van der Waals surface area contributed by atoms with E-state index in [4.69, 9.17) is 11.6 Å². The van der Waals surface area contributed by atoms with Gasteiger partial charge in [-0.05, 0) is 42.8 Å². The number of amides is 2. The summed E-state index contributed by atoms with van der Waals surface area (Å²) >= 11 is 6.30. The number of sulfonamides is 1. The number of para-hydroxylation sites is 1. The molecule has 1 atom stereocenters. The lowest BCUT2D eigenvalue weighted by Gasteiger charge is -2.32. The maximum atomic E-state index is 13.6. The average Bonchev–Trinajstić information content (AvgIpc) is 2.86. The van der Waals surface area contributed by atoms with Gasteiger partial charge >= 0.3 is 0 Å². The lowest BCUT2D eigenvalue weighted by Crippen LogP contribution is -2.50.